The highest BCUT2D eigenvalue weighted by atomic mass is 32.2. The van der Waals surface area contributed by atoms with E-state index in [0.717, 1.165) is 16.3 Å². The summed E-state index contributed by atoms with van der Waals surface area (Å²) in [5.74, 6) is 0.0323. The van der Waals surface area contributed by atoms with E-state index in [9.17, 15) is 14.9 Å². The molecule has 8 heteroatoms. The van der Waals surface area contributed by atoms with Crippen molar-refractivity contribution in [1.82, 2.24) is 9.88 Å². The molecule has 0 saturated carbocycles. The standard InChI is InChI=1S/C15H17N3O3S2/c1-11(23-13-5-3-12(4-6-13)18(20)21)15(19)17(2)9-7-14-16-8-10-22-14/h3-6,8,10-11H,7,9H2,1-2H3/t11-/m0/s1. The van der Waals surface area contributed by atoms with Gasteiger partial charge in [-0.2, -0.15) is 0 Å². The average molecular weight is 351 g/mol. The maximum atomic E-state index is 12.4. The van der Waals surface area contributed by atoms with Crippen molar-refractivity contribution in [1.29, 1.82) is 0 Å². The van der Waals surface area contributed by atoms with Crippen molar-refractivity contribution in [2.75, 3.05) is 13.6 Å². The van der Waals surface area contributed by atoms with Gasteiger partial charge in [0.1, 0.15) is 0 Å². The van der Waals surface area contributed by atoms with Crippen LogP contribution in [0.1, 0.15) is 11.9 Å². The van der Waals surface area contributed by atoms with Gasteiger partial charge in [0.05, 0.1) is 15.2 Å². The van der Waals surface area contributed by atoms with E-state index in [-0.39, 0.29) is 16.8 Å². The third kappa shape index (κ3) is 5.04. The maximum absolute atomic E-state index is 12.4. The average Bonchev–Trinajstić information content (AvgIpc) is 3.05. The number of carbonyl (C=O) groups is 1. The maximum Gasteiger partial charge on any atom is 0.269 e. The van der Waals surface area contributed by atoms with Crippen LogP contribution in [0.3, 0.4) is 0 Å². The van der Waals surface area contributed by atoms with Crippen molar-refractivity contribution in [3.05, 3.63) is 51.0 Å². The molecule has 0 aliphatic carbocycles. The molecule has 1 heterocycles. The van der Waals surface area contributed by atoms with Crippen molar-refractivity contribution < 1.29 is 9.72 Å². The van der Waals surface area contributed by atoms with Crippen LogP contribution in [0.25, 0.3) is 0 Å². The van der Waals surface area contributed by atoms with Crippen LogP contribution < -0.4 is 0 Å². The lowest BCUT2D eigenvalue weighted by Gasteiger charge is -2.20. The first-order valence-corrected chi connectivity index (χ1v) is 8.77. The summed E-state index contributed by atoms with van der Waals surface area (Å²) in [5.41, 5.74) is 0.0499. The molecule has 2 aromatic rings. The molecule has 1 atom stereocenters. The van der Waals surface area contributed by atoms with Gasteiger partial charge in [-0.15, -0.1) is 23.1 Å². The number of benzene rings is 1. The Hall–Kier alpha value is -1.93. The Morgan fingerprint density at radius 2 is 2.13 bits per heavy atom. The molecule has 6 nitrogen and oxygen atoms in total. The minimum atomic E-state index is -0.435. The fraction of sp³-hybridized carbons (Fsp3) is 0.333. The number of thioether (sulfide) groups is 1. The second-order valence-corrected chi connectivity index (χ2v) is 7.34. The van der Waals surface area contributed by atoms with Crippen molar-refractivity contribution in [3.8, 4) is 0 Å². The third-order valence-electron chi connectivity index (χ3n) is 3.23. The highest BCUT2D eigenvalue weighted by molar-refractivity contribution is 8.00. The van der Waals surface area contributed by atoms with Crippen LogP contribution in [0, 0.1) is 10.1 Å². The molecule has 0 bridgehead atoms. The molecule has 1 aromatic heterocycles. The Bertz CT molecular complexity index is 659. The molecule has 0 N–H and O–H groups in total. The molecule has 1 aromatic carbocycles. The monoisotopic (exact) mass is 351 g/mol. The first-order valence-electron chi connectivity index (χ1n) is 7.02. The normalized spacial score (nSPS) is 11.9. The highest BCUT2D eigenvalue weighted by Gasteiger charge is 2.19. The zero-order valence-electron chi connectivity index (χ0n) is 12.8. The zero-order valence-corrected chi connectivity index (χ0v) is 14.5. The number of hydrogen-bond donors (Lipinski definition) is 0. The second-order valence-electron chi connectivity index (χ2n) is 4.95. The molecular formula is C15H17N3O3S2. The SMILES string of the molecule is C[C@H](Sc1ccc([N+](=O)[O-])cc1)C(=O)N(C)CCc1nccs1. The number of nitro benzene ring substituents is 1. The summed E-state index contributed by atoms with van der Waals surface area (Å²) in [7, 11) is 1.78. The lowest BCUT2D eigenvalue weighted by Crippen LogP contribution is -2.34. The topological polar surface area (TPSA) is 76.3 Å². The molecule has 0 spiro atoms. The number of nitrogens with zero attached hydrogens (tertiary/aromatic N) is 3. The van der Waals surface area contributed by atoms with Crippen LogP contribution in [0.4, 0.5) is 5.69 Å². The largest absolute Gasteiger partial charge is 0.344 e. The summed E-state index contributed by atoms with van der Waals surface area (Å²) >= 11 is 2.98. The number of nitro groups is 1. The molecule has 0 radical (unpaired) electrons. The molecule has 0 unspecified atom stereocenters. The summed E-state index contributed by atoms with van der Waals surface area (Å²) < 4.78 is 0. The number of non-ortho nitro benzene ring substituents is 1. The zero-order chi connectivity index (χ0) is 16.8. The lowest BCUT2D eigenvalue weighted by atomic mass is 10.3. The predicted octanol–water partition coefficient (Wildman–Crippen LogP) is 3.23. The van der Waals surface area contributed by atoms with Gasteiger partial charge in [-0.25, -0.2) is 4.98 Å². The van der Waals surface area contributed by atoms with Crippen molar-refractivity contribution in [2.24, 2.45) is 0 Å². The van der Waals surface area contributed by atoms with E-state index in [1.54, 1.807) is 41.6 Å². The van der Waals surface area contributed by atoms with E-state index < -0.39 is 4.92 Å². The van der Waals surface area contributed by atoms with Gasteiger partial charge >= 0.3 is 0 Å². The summed E-state index contributed by atoms with van der Waals surface area (Å²) in [6, 6.07) is 6.24. The summed E-state index contributed by atoms with van der Waals surface area (Å²) in [4.78, 5) is 29.3. The number of carbonyl (C=O) groups excluding carboxylic acids is 1. The summed E-state index contributed by atoms with van der Waals surface area (Å²) in [6.07, 6.45) is 2.50. The minimum absolute atomic E-state index is 0.0323. The van der Waals surface area contributed by atoms with Crippen molar-refractivity contribution >= 4 is 34.7 Å². The first-order chi connectivity index (χ1) is 11.0. The Kier molecular flexibility index (Phi) is 6.12. The predicted molar refractivity (Wildman–Crippen MR) is 91.9 cm³/mol. The van der Waals surface area contributed by atoms with Crippen LogP contribution in [0.15, 0.2) is 40.7 Å². The fourth-order valence-electron chi connectivity index (χ4n) is 1.96. The minimum Gasteiger partial charge on any atom is -0.344 e. The van der Waals surface area contributed by atoms with Gasteiger partial charge < -0.3 is 4.90 Å². The van der Waals surface area contributed by atoms with Gasteiger partial charge in [0, 0.05) is 48.6 Å². The summed E-state index contributed by atoms with van der Waals surface area (Å²) in [6.45, 7) is 2.46. The van der Waals surface area contributed by atoms with Gasteiger partial charge in [-0.05, 0) is 19.1 Å². The molecule has 0 aliphatic heterocycles. The number of likely N-dealkylation sites (N-methyl/N-ethyl adjacent to an activating group) is 1. The number of aromatic nitrogens is 1. The van der Waals surface area contributed by atoms with Gasteiger partial charge in [0.2, 0.25) is 5.91 Å². The fourth-order valence-corrected chi connectivity index (χ4v) is 3.55. The van der Waals surface area contributed by atoms with E-state index in [1.807, 2.05) is 12.3 Å². The molecule has 0 saturated heterocycles. The van der Waals surface area contributed by atoms with Crippen LogP contribution in [0.5, 0.6) is 0 Å². The summed E-state index contributed by atoms with van der Waals surface area (Å²) in [5, 5.41) is 13.3. The molecule has 2 rings (SSSR count). The van der Waals surface area contributed by atoms with E-state index in [1.165, 1.54) is 23.9 Å². The number of hydrogen-bond acceptors (Lipinski definition) is 6. The highest BCUT2D eigenvalue weighted by Crippen LogP contribution is 2.26. The third-order valence-corrected chi connectivity index (χ3v) is 5.17. The van der Waals surface area contributed by atoms with Crippen molar-refractivity contribution in [3.63, 3.8) is 0 Å². The van der Waals surface area contributed by atoms with E-state index >= 15 is 0 Å². The first kappa shape index (κ1) is 17.4. The number of amides is 1. The molecule has 0 fully saturated rings. The molecule has 0 aliphatic rings. The number of rotatable bonds is 7. The van der Waals surface area contributed by atoms with Crippen molar-refractivity contribution in [2.45, 2.75) is 23.5 Å². The quantitative estimate of drug-likeness (QED) is 0.435. The van der Waals surface area contributed by atoms with Crippen LogP contribution in [0.2, 0.25) is 0 Å². The Morgan fingerprint density at radius 1 is 1.43 bits per heavy atom. The van der Waals surface area contributed by atoms with Crippen LogP contribution in [-0.4, -0.2) is 39.6 Å². The second kappa shape index (κ2) is 8.07. The van der Waals surface area contributed by atoms with Crippen LogP contribution >= 0.6 is 23.1 Å². The lowest BCUT2D eigenvalue weighted by molar-refractivity contribution is -0.384. The Balaban J connectivity index is 1.87. The Morgan fingerprint density at radius 3 is 2.70 bits per heavy atom. The van der Waals surface area contributed by atoms with E-state index in [4.69, 9.17) is 0 Å². The van der Waals surface area contributed by atoms with Gasteiger partial charge in [-0.1, -0.05) is 0 Å². The number of thiazole rings is 1. The van der Waals surface area contributed by atoms with Crippen LogP contribution in [-0.2, 0) is 11.2 Å². The molecule has 122 valence electrons. The van der Waals surface area contributed by atoms with Gasteiger partial charge in [-0.3, -0.25) is 14.9 Å². The van der Waals surface area contributed by atoms with E-state index in [0.29, 0.717) is 6.54 Å². The van der Waals surface area contributed by atoms with Gasteiger partial charge in [0.25, 0.3) is 5.69 Å². The Labute approximate surface area is 142 Å². The smallest absolute Gasteiger partial charge is 0.269 e. The van der Waals surface area contributed by atoms with E-state index in [2.05, 4.69) is 4.98 Å². The molecule has 1 amide bonds. The molecular weight excluding hydrogens is 334 g/mol. The van der Waals surface area contributed by atoms with Gasteiger partial charge in [0.15, 0.2) is 0 Å². The molecule has 23 heavy (non-hydrogen) atoms.